The van der Waals surface area contributed by atoms with E-state index >= 15 is 0 Å². The molecule has 1 amide bonds. The molecule has 1 rings (SSSR count). The van der Waals surface area contributed by atoms with Crippen LogP contribution < -0.4 is 5.32 Å². The van der Waals surface area contributed by atoms with E-state index in [-0.39, 0.29) is 0 Å². The minimum absolute atomic E-state index is 0.479. The van der Waals surface area contributed by atoms with Gasteiger partial charge in [-0.25, -0.2) is 4.79 Å². The Bertz CT molecular complexity index is 207. The van der Waals surface area contributed by atoms with Gasteiger partial charge in [0.25, 0.3) is 0 Å². The first-order chi connectivity index (χ1) is 4.83. The number of ether oxygens (including phenoxy) is 1. The SMILES string of the molecule is COC(=O)Nc1cnoc1. The Morgan fingerprint density at radius 1 is 1.90 bits per heavy atom. The van der Waals surface area contributed by atoms with Gasteiger partial charge >= 0.3 is 6.09 Å². The van der Waals surface area contributed by atoms with Gasteiger partial charge in [-0.2, -0.15) is 0 Å². The Kier molecular flexibility index (Phi) is 1.89. The molecule has 0 aliphatic carbocycles. The zero-order chi connectivity index (χ0) is 7.40. The number of amides is 1. The first-order valence-corrected chi connectivity index (χ1v) is 2.57. The van der Waals surface area contributed by atoms with E-state index in [9.17, 15) is 4.79 Å². The largest absolute Gasteiger partial charge is 0.453 e. The fourth-order valence-corrected chi connectivity index (χ4v) is 0.435. The summed E-state index contributed by atoms with van der Waals surface area (Å²) in [5.41, 5.74) is 0.479. The van der Waals surface area contributed by atoms with Gasteiger partial charge < -0.3 is 9.26 Å². The van der Waals surface area contributed by atoms with Gasteiger partial charge in [-0.05, 0) is 0 Å². The predicted octanol–water partition coefficient (Wildman–Crippen LogP) is 0.853. The molecular formula is C5H6N2O3. The molecular weight excluding hydrogens is 136 g/mol. The van der Waals surface area contributed by atoms with Gasteiger partial charge in [0.05, 0.1) is 13.3 Å². The Morgan fingerprint density at radius 2 is 2.70 bits per heavy atom. The molecule has 5 heteroatoms. The first kappa shape index (κ1) is 6.60. The highest BCUT2D eigenvalue weighted by Gasteiger charge is 2.00. The summed E-state index contributed by atoms with van der Waals surface area (Å²) in [5.74, 6) is 0. The molecule has 0 aliphatic heterocycles. The summed E-state index contributed by atoms with van der Waals surface area (Å²) in [7, 11) is 1.28. The van der Waals surface area contributed by atoms with E-state index in [1.54, 1.807) is 0 Å². The maximum atomic E-state index is 10.5. The van der Waals surface area contributed by atoms with Crippen LogP contribution in [0, 0.1) is 0 Å². The number of methoxy groups -OCH3 is 1. The van der Waals surface area contributed by atoms with Crippen molar-refractivity contribution in [3.8, 4) is 0 Å². The Labute approximate surface area is 57.0 Å². The third kappa shape index (κ3) is 1.48. The van der Waals surface area contributed by atoms with Crippen LogP contribution in [-0.2, 0) is 4.74 Å². The normalized spacial score (nSPS) is 8.90. The number of rotatable bonds is 1. The van der Waals surface area contributed by atoms with Crippen molar-refractivity contribution in [2.75, 3.05) is 12.4 Å². The number of carbonyl (C=O) groups excluding carboxylic acids is 1. The average Bonchev–Trinajstić information content (AvgIpc) is 2.40. The fraction of sp³-hybridized carbons (Fsp3) is 0.200. The van der Waals surface area contributed by atoms with E-state index < -0.39 is 6.09 Å². The molecule has 5 nitrogen and oxygen atoms in total. The molecule has 1 aromatic rings. The second-order valence-corrected chi connectivity index (χ2v) is 1.53. The van der Waals surface area contributed by atoms with E-state index in [4.69, 9.17) is 0 Å². The van der Waals surface area contributed by atoms with Crippen molar-refractivity contribution >= 4 is 11.8 Å². The summed E-state index contributed by atoms with van der Waals surface area (Å²) >= 11 is 0. The molecule has 0 saturated carbocycles. The van der Waals surface area contributed by atoms with Gasteiger partial charge in [0.2, 0.25) is 0 Å². The monoisotopic (exact) mass is 142 g/mol. The Morgan fingerprint density at radius 3 is 3.20 bits per heavy atom. The Hall–Kier alpha value is -1.52. The predicted molar refractivity (Wildman–Crippen MR) is 32.5 cm³/mol. The van der Waals surface area contributed by atoms with E-state index in [1.165, 1.54) is 19.6 Å². The van der Waals surface area contributed by atoms with Crippen LogP contribution >= 0.6 is 0 Å². The van der Waals surface area contributed by atoms with Gasteiger partial charge in [0.15, 0.2) is 0 Å². The quantitative estimate of drug-likeness (QED) is 0.631. The maximum absolute atomic E-state index is 10.5. The summed E-state index contributed by atoms with van der Waals surface area (Å²) in [6.45, 7) is 0. The molecule has 0 radical (unpaired) electrons. The lowest BCUT2D eigenvalue weighted by Gasteiger charge is -1.96. The third-order valence-electron chi connectivity index (χ3n) is 0.864. The van der Waals surface area contributed by atoms with E-state index in [0.29, 0.717) is 5.69 Å². The molecule has 54 valence electrons. The lowest BCUT2D eigenvalue weighted by Crippen LogP contribution is -2.09. The number of aromatic nitrogens is 1. The minimum Gasteiger partial charge on any atom is -0.453 e. The molecule has 1 N–H and O–H groups in total. The van der Waals surface area contributed by atoms with Crippen molar-refractivity contribution in [1.29, 1.82) is 0 Å². The zero-order valence-corrected chi connectivity index (χ0v) is 5.33. The minimum atomic E-state index is -0.539. The number of nitrogens with zero attached hydrogens (tertiary/aromatic N) is 1. The highest BCUT2D eigenvalue weighted by Crippen LogP contribution is 2.02. The lowest BCUT2D eigenvalue weighted by molar-refractivity contribution is 0.187. The smallest absolute Gasteiger partial charge is 0.411 e. The summed E-state index contributed by atoms with van der Waals surface area (Å²) in [5, 5.41) is 5.72. The van der Waals surface area contributed by atoms with Crippen molar-refractivity contribution in [3.05, 3.63) is 12.5 Å². The van der Waals surface area contributed by atoms with Gasteiger partial charge in [0, 0.05) is 0 Å². The second kappa shape index (κ2) is 2.86. The van der Waals surface area contributed by atoms with Crippen molar-refractivity contribution < 1.29 is 14.1 Å². The van der Waals surface area contributed by atoms with Gasteiger partial charge in [0.1, 0.15) is 12.0 Å². The van der Waals surface area contributed by atoms with Crippen LogP contribution in [-0.4, -0.2) is 18.4 Å². The molecule has 0 spiro atoms. The number of nitrogens with one attached hydrogen (secondary N) is 1. The van der Waals surface area contributed by atoms with Crippen molar-refractivity contribution in [1.82, 2.24) is 5.16 Å². The van der Waals surface area contributed by atoms with E-state index in [2.05, 4.69) is 19.7 Å². The summed E-state index contributed by atoms with van der Waals surface area (Å²) in [4.78, 5) is 10.5. The number of carbonyl (C=O) groups is 1. The summed E-state index contributed by atoms with van der Waals surface area (Å²) in [6, 6.07) is 0. The van der Waals surface area contributed by atoms with Crippen LogP contribution in [0.15, 0.2) is 17.0 Å². The zero-order valence-electron chi connectivity index (χ0n) is 5.33. The average molecular weight is 142 g/mol. The van der Waals surface area contributed by atoms with Crippen LogP contribution in [0.4, 0.5) is 10.5 Å². The molecule has 0 unspecified atom stereocenters. The van der Waals surface area contributed by atoms with E-state index in [1.807, 2.05) is 0 Å². The number of anilines is 1. The molecule has 0 fully saturated rings. The van der Waals surface area contributed by atoms with Crippen LogP contribution in [0.2, 0.25) is 0 Å². The van der Waals surface area contributed by atoms with Crippen LogP contribution in [0.5, 0.6) is 0 Å². The van der Waals surface area contributed by atoms with Crippen molar-refractivity contribution in [2.45, 2.75) is 0 Å². The van der Waals surface area contributed by atoms with Crippen molar-refractivity contribution in [3.63, 3.8) is 0 Å². The summed E-state index contributed by atoms with van der Waals surface area (Å²) in [6.07, 6.45) is 2.14. The van der Waals surface area contributed by atoms with E-state index in [0.717, 1.165) is 0 Å². The highest BCUT2D eigenvalue weighted by molar-refractivity contribution is 5.83. The van der Waals surface area contributed by atoms with Gasteiger partial charge in [-0.15, -0.1) is 0 Å². The summed E-state index contributed by atoms with van der Waals surface area (Å²) < 4.78 is 8.74. The van der Waals surface area contributed by atoms with Crippen LogP contribution in [0.1, 0.15) is 0 Å². The second-order valence-electron chi connectivity index (χ2n) is 1.53. The lowest BCUT2D eigenvalue weighted by atomic mass is 10.6. The van der Waals surface area contributed by atoms with Gasteiger partial charge in [-0.1, -0.05) is 5.16 Å². The molecule has 1 heterocycles. The van der Waals surface area contributed by atoms with Crippen LogP contribution in [0.25, 0.3) is 0 Å². The molecule has 10 heavy (non-hydrogen) atoms. The molecule has 0 aromatic carbocycles. The molecule has 0 saturated heterocycles. The maximum Gasteiger partial charge on any atom is 0.411 e. The topological polar surface area (TPSA) is 64.4 Å². The standard InChI is InChI=1S/C5H6N2O3/c1-9-5(8)7-4-2-6-10-3-4/h2-3H,1H3,(H,7,8). The Balaban J connectivity index is 2.48. The first-order valence-electron chi connectivity index (χ1n) is 2.57. The molecule has 0 aliphatic rings. The molecule has 1 aromatic heterocycles. The van der Waals surface area contributed by atoms with Crippen molar-refractivity contribution in [2.24, 2.45) is 0 Å². The molecule has 0 bridgehead atoms. The van der Waals surface area contributed by atoms with Crippen LogP contribution in [0.3, 0.4) is 0 Å². The fourth-order valence-electron chi connectivity index (χ4n) is 0.435. The number of hydrogen-bond acceptors (Lipinski definition) is 4. The van der Waals surface area contributed by atoms with Gasteiger partial charge in [-0.3, -0.25) is 5.32 Å². The highest BCUT2D eigenvalue weighted by atomic mass is 16.5. The third-order valence-corrected chi connectivity index (χ3v) is 0.864. The molecule has 0 atom stereocenters. The number of hydrogen-bond donors (Lipinski definition) is 1.